The second kappa shape index (κ2) is 13.5. The molecule has 0 bridgehead atoms. The number of hydrogen-bond donors (Lipinski definition) is 3. The number of aliphatic imine (C=N–C) groups is 1. The van der Waals surface area contributed by atoms with Gasteiger partial charge in [-0.3, -0.25) is 4.90 Å². The molecule has 45 heavy (non-hydrogen) atoms. The fraction of sp³-hybridized carbons (Fsp3) is 0.167. The Morgan fingerprint density at radius 3 is 2.33 bits per heavy atom. The molecule has 13 nitrogen and oxygen atoms in total. The van der Waals surface area contributed by atoms with Crippen LogP contribution in [0.25, 0.3) is 16.9 Å². The van der Waals surface area contributed by atoms with Crippen molar-refractivity contribution < 1.29 is 32.6 Å². The van der Waals surface area contributed by atoms with Crippen molar-refractivity contribution in [2.75, 3.05) is 21.3 Å². The molecule has 15 heteroatoms. The maximum Gasteiger partial charge on any atom is 0.415 e. The first-order chi connectivity index (χ1) is 21.5. The van der Waals surface area contributed by atoms with Crippen molar-refractivity contribution in [3.05, 3.63) is 107 Å². The summed E-state index contributed by atoms with van der Waals surface area (Å²) in [5.41, 5.74) is 19.2. The van der Waals surface area contributed by atoms with Crippen LogP contribution in [0.1, 0.15) is 22.9 Å². The number of amidine groups is 1. The van der Waals surface area contributed by atoms with Crippen LogP contribution in [0.2, 0.25) is 0 Å². The number of halogens is 2. The molecular formula is C30H30F2N8O5. The van der Waals surface area contributed by atoms with Crippen molar-refractivity contribution in [1.82, 2.24) is 19.7 Å². The van der Waals surface area contributed by atoms with Crippen molar-refractivity contribution in [2.24, 2.45) is 22.2 Å². The third-order valence-corrected chi connectivity index (χ3v) is 6.61. The number of carbonyl (C=O) groups excluding carboxylic acids is 2. The molecule has 0 radical (unpaired) electrons. The summed E-state index contributed by atoms with van der Waals surface area (Å²) in [6.45, 7) is 3.89. The number of rotatable bonds is 10. The van der Waals surface area contributed by atoms with E-state index in [2.05, 4.69) is 21.7 Å². The summed E-state index contributed by atoms with van der Waals surface area (Å²) >= 11 is 0. The van der Waals surface area contributed by atoms with Gasteiger partial charge in [-0.2, -0.15) is 5.10 Å². The van der Waals surface area contributed by atoms with Crippen molar-refractivity contribution in [3.63, 3.8) is 0 Å². The number of hydrogen-bond acceptors (Lipinski definition) is 10. The van der Waals surface area contributed by atoms with Crippen LogP contribution >= 0.6 is 0 Å². The number of esters is 1. The van der Waals surface area contributed by atoms with Crippen molar-refractivity contribution in [1.29, 1.82) is 0 Å². The molecule has 1 atom stereocenters. The zero-order valence-corrected chi connectivity index (χ0v) is 24.5. The number of ether oxygens (including phenoxy) is 3. The lowest BCUT2D eigenvalue weighted by atomic mass is 10.0. The molecule has 6 N–H and O–H groups in total. The minimum absolute atomic E-state index is 0.0149. The van der Waals surface area contributed by atoms with Crippen LogP contribution in [0.4, 0.5) is 13.6 Å². The van der Waals surface area contributed by atoms with Gasteiger partial charge in [-0.25, -0.2) is 33.0 Å². The standard InChI is InChI=1S/C30H30F2N8O5/c1-16(40-23-14-19(31)15-36-24(23)22(38-40)13-18-7-5-6-8-21(18)32)37-28(35)26(27(33)34)39(30(42)45-4)25(29(41)44-3)17-9-11-20(43-2)12-10-17/h5-12,14-15,25H,1,13,33-34H2,2-4H3,(H2,35,37). The summed E-state index contributed by atoms with van der Waals surface area (Å²) < 4.78 is 45.0. The molecule has 0 aliphatic rings. The Kier molecular flexibility index (Phi) is 9.61. The molecule has 1 amide bonds. The summed E-state index contributed by atoms with van der Waals surface area (Å²) in [7, 11) is 3.66. The highest BCUT2D eigenvalue weighted by molar-refractivity contribution is 6.03. The van der Waals surface area contributed by atoms with Crippen LogP contribution in [0.5, 0.6) is 5.75 Å². The van der Waals surface area contributed by atoms with Crippen molar-refractivity contribution in [2.45, 2.75) is 12.5 Å². The molecular weight excluding hydrogens is 590 g/mol. The van der Waals surface area contributed by atoms with Crippen LogP contribution in [0.15, 0.2) is 83.9 Å². The lowest BCUT2D eigenvalue weighted by molar-refractivity contribution is -0.145. The van der Waals surface area contributed by atoms with E-state index in [9.17, 15) is 18.4 Å². The molecule has 0 saturated carbocycles. The first kappa shape index (κ1) is 31.9. The van der Waals surface area contributed by atoms with E-state index in [-0.39, 0.29) is 28.8 Å². The number of carbonyl (C=O) groups is 2. The number of fused-ring (bicyclic) bond motifs is 1. The lowest BCUT2D eigenvalue weighted by Gasteiger charge is -2.31. The van der Waals surface area contributed by atoms with Gasteiger partial charge < -0.3 is 31.4 Å². The summed E-state index contributed by atoms with van der Waals surface area (Å²) in [6.07, 6.45) is -0.0759. The number of benzene rings is 2. The molecule has 2 heterocycles. The second-order valence-electron chi connectivity index (χ2n) is 9.40. The third kappa shape index (κ3) is 6.66. The van der Waals surface area contributed by atoms with E-state index in [1.807, 2.05) is 0 Å². The highest BCUT2D eigenvalue weighted by atomic mass is 19.1. The molecule has 0 spiro atoms. The Labute approximate surface area is 256 Å². The van der Waals surface area contributed by atoms with E-state index in [1.54, 1.807) is 30.3 Å². The average Bonchev–Trinajstić information content (AvgIpc) is 3.38. The minimum atomic E-state index is -1.50. The van der Waals surface area contributed by atoms with Gasteiger partial charge in [0.05, 0.1) is 38.7 Å². The van der Waals surface area contributed by atoms with Crippen LogP contribution in [-0.2, 0) is 20.7 Å². The maximum atomic E-state index is 14.4. The average molecular weight is 621 g/mol. The molecule has 0 aliphatic carbocycles. The summed E-state index contributed by atoms with van der Waals surface area (Å²) in [6, 6.07) is 11.9. The summed E-state index contributed by atoms with van der Waals surface area (Å²) in [5, 5.41) is 4.45. The number of pyridine rings is 1. The number of aromatic nitrogens is 3. The van der Waals surface area contributed by atoms with Gasteiger partial charge in [0.25, 0.3) is 0 Å². The Bertz CT molecular complexity index is 1820. The number of amides is 1. The quantitative estimate of drug-likeness (QED) is 0.135. The minimum Gasteiger partial charge on any atom is -0.497 e. The molecule has 4 rings (SSSR count). The summed E-state index contributed by atoms with van der Waals surface area (Å²) in [4.78, 5) is 35.4. The molecule has 0 aliphatic heterocycles. The molecule has 234 valence electrons. The third-order valence-electron chi connectivity index (χ3n) is 6.61. The molecule has 1 unspecified atom stereocenters. The Morgan fingerprint density at radius 1 is 1.04 bits per heavy atom. The number of nitrogens with two attached hydrogens (primary N) is 3. The normalized spacial score (nSPS) is 11.9. The van der Waals surface area contributed by atoms with Crippen molar-refractivity contribution in [3.8, 4) is 5.75 Å². The predicted octanol–water partition coefficient (Wildman–Crippen LogP) is 3.16. The van der Waals surface area contributed by atoms with E-state index in [1.165, 1.54) is 25.3 Å². The van der Waals surface area contributed by atoms with E-state index >= 15 is 0 Å². The van der Waals surface area contributed by atoms with Crippen LogP contribution < -0.4 is 21.9 Å². The topological polar surface area (TPSA) is 186 Å². The molecule has 4 aromatic rings. The van der Waals surface area contributed by atoms with E-state index < -0.39 is 47.1 Å². The highest BCUT2D eigenvalue weighted by Crippen LogP contribution is 2.30. The van der Waals surface area contributed by atoms with Crippen molar-refractivity contribution >= 4 is 34.8 Å². The van der Waals surface area contributed by atoms with Gasteiger partial charge in [-0.1, -0.05) is 36.9 Å². The monoisotopic (exact) mass is 620 g/mol. The van der Waals surface area contributed by atoms with Crippen LogP contribution in [0.3, 0.4) is 0 Å². The van der Waals surface area contributed by atoms with Gasteiger partial charge in [-0.05, 0) is 29.3 Å². The Morgan fingerprint density at radius 2 is 1.73 bits per heavy atom. The SMILES string of the molecule is C=C(N=C(N)C(=C(N)N)N(C(=O)OC)C(C(=O)OC)c1ccc(OC)cc1)n1nc(Cc2ccccc2F)c2ncc(F)cc21. The smallest absolute Gasteiger partial charge is 0.415 e. The molecule has 2 aromatic heterocycles. The van der Waals surface area contributed by atoms with Gasteiger partial charge in [0.2, 0.25) is 0 Å². The fourth-order valence-electron chi connectivity index (χ4n) is 4.53. The summed E-state index contributed by atoms with van der Waals surface area (Å²) in [5.74, 6) is -2.76. The second-order valence-corrected chi connectivity index (χ2v) is 9.40. The molecule has 0 saturated heterocycles. The van der Waals surface area contributed by atoms with Crippen LogP contribution in [0, 0.1) is 11.6 Å². The Balaban J connectivity index is 1.82. The first-order valence-electron chi connectivity index (χ1n) is 13.1. The number of methoxy groups -OCH3 is 3. The Hall–Kier alpha value is -5.99. The lowest BCUT2D eigenvalue weighted by Crippen LogP contribution is -2.45. The maximum absolute atomic E-state index is 14.4. The predicted molar refractivity (Wildman–Crippen MR) is 161 cm³/mol. The van der Waals surface area contributed by atoms with Gasteiger partial charge >= 0.3 is 12.1 Å². The largest absolute Gasteiger partial charge is 0.497 e. The number of nitrogens with zero attached hydrogens (tertiary/aromatic N) is 5. The molecule has 2 aromatic carbocycles. The van der Waals surface area contributed by atoms with Gasteiger partial charge in [0.15, 0.2) is 11.9 Å². The van der Waals surface area contributed by atoms with Gasteiger partial charge in [0, 0.05) is 12.5 Å². The van der Waals surface area contributed by atoms with E-state index in [0.29, 0.717) is 17.0 Å². The zero-order valence-electron chi connectivity index (χ0n) is 24.5. The first-order valence-corrected chi connectivity index (χ1v) is 13.1. The van der Waals surface area contributed by atoms with Gasteiger partial charge in [0.1, 0.15) is 40.2 Å². The fourth-order valence-corrected chi connectivity index (χ4v) is 4.53. The van der Waals surface area contributed by atoms with E-state index in [4.69, 9.17) is 31.4 Å². The van der Waals surface area contributed by atoms with E-state index in [0.717, 1.165) is 36.1 Å². The highest BCUT2D eigenvalue weighted by Gasteiger charge is 2.38. The molecule has 0 fully saturated rings. The van der Waals surface area contributed by atoms with Crippen LogP contribution in [-0.4, -0.2) is 58.9 Å². The van der Waals surface area contributed by atoms with Gasteiger partial charge in [-0.15, -0.1) is 0 Å². The zero-order chi connectivity index (χ0) is 32.8.